The third kappa shape index (κ3) is 4.60. The normalized spacial score (nSPS) is 12.1. The first-order valence-electron chi connectivity index (χ1n) is 10.3. The maximum atomic E-state index is 6.28. The van der Waals surface area contributed by atoms with Crippen molar-refractivity contribution in [3.63, 3.8) is 0 Å². The molecule has 154 valence electrons. The Morgan fingerprint density at radius 2 is 1.67 bits per heavy atom. The number of fused-ring (bicyclic) bond motifs is 1. The van der Waals surface area contributed by atoms with Crippen LogP contribution in [0.3, 0.4) is 0 Å². The van der Waals surface area contributed by atoms with Crippen LogP contribution >= 0.6 is 11.6 Å². The van der Waals surface area contributed by atoms with E-state index in [0.717, 1.165) is 42.0 Å². The van der Waals surface area contributed by atoms with Crippen LogP contribution in [0.4, 0.5) is 0 Å². The zero-order valence-electron chi connectivity index (χ0n) is 17.0. The van der Waals surface area contributed by atoms with E-state index in [1.807, 2.05) is 72.8 Å². The van der Waals surface area contributed by atoms with Crippen LogP contribution in [0.2, 0.25) is 5.02 Å². The third-order valence-electron chi connectivity index (χ3n) is 4.98. The van der Waals surface area contributed by atoms with Gasteiger partial charge in [-0.2, -0.15) is 0 Å². The summed E-state index contributed by atoms with van der Waals surface area (Å²) >= 11 is 6.19. The summed E-state index contributed by atoms with van der Waals surface area (Å²) in [5.74, 6) is 2.51. The number of rotatable bonds is 9. The summed E-state index contributed by atoms with van der Waals surface area (Å²) in [4.78, 5) is 4.91. The third-order valence-corrected chi connectivity index (χ3v) is 5.30. The van der Waals surface area contributed by atoms with Gasteiger partial charge in [0.1, 0.15) is 11.5 Å². The summed E-state index contributed by atoms with van der Waals surface area (Å²) in [6, 6.07) is 25.7. The van der Waals surface area contributed by atoms with Crippen LogP contribution < -0.4 is 9.47 Å². The number of aromatic nitrogens is 2. The van der Waals surface area contributed by atoms with Crippen LogP contribution in [0.1, 0.15) is 31.7 Å². The highest BCUT2D eigenvalue weighted by molar-refractivity contribution is 6.32. The number of hydrogen-bond donors (Lipinski definition) is 0. The highest BCUT2D eigenvalue weighted by Gasteiger charge is 2.20. The largest absolute Gasteiger partial charge is 0.492 e. The summed E-state index contributed by atoms with van der Waals surface area (Å²) in [6.07, 6.45) is 1.54. The van der Waals surface area contributed by atoms with Crippen molar-refractivity contribution < 1.29 is 9.47 Å². The molecule has 4 aromatic rings. The van der Waals surface area contributed by atoms with E-state index in [-0.39, 0.29) is 6.10 Å². The molecule has 0 N–H and O–H groups in total. The molecular weight excluding hydrogens is 396 g/mol. The van der Waals surface area contributed by atoms with Gasteiger partial charge < -0.3 is 14.0 Å². The first-order chi connectivity index (χ1) is 14.8. The molecular formula is C25H25ClN2O2. The molecule has 0 saturated carbocycles. The molecule has 3 aromatic carbocycles. The highest BCUT2D eigenvalue weighted by Crippen LogP contribution is 2.28. The Labute approximate surface area is 182 Å². The fourth-order valence-electron chi connectivity index (χ4n) is 3.52. The van der Waals surface area contributed by atoms with Crippen molar-refractivity contribution in [2.24, 2.45) is 0 Å². The van der Waals surface area contributed by atoms with Gasteiger partial charge in [-0.05, 0) is 49.2 Å². The number of ether oxygens (including phenoxy) is 2. The van der Waals surface area contributed by atoms with Crippen molar-refractivity contribution in [1.82, 2.24) is 9.55 Å². The summed E-state index contributed by atoms with van der Waals surface area (Å²) < 4.78 is 14.4. The van der Waals surface area contributed by atoms with E-state index in [1.54, 1.807) is 0 Å². The molecule has 0 spiro atoms. The van der Waals surface area contributed by atoms with Crippen molar-refractivity contribution in [2.75, 3.05) is 6.61 Å². The van der Waals surface area contributed by atoms with Gasteiger partial charge in [0, 0.05) is 6.54 Å². The fourth-order valence-corrected chi connectivity index (χ4v) is 3.71. The van der Waals surface area contributed by atoms with Gasteiger partial charge in [0.25, 0.3) is 0 Å². The van der Waals surface area contributed by atoms with Crippen LogP contribution in [-0.2, 0) is 6.54 Å². The minimum atomic E-state index is -0.121. The summed E-state index contributed by atoms with van der Waals surface area (Å²) in [6.45, 7) is 3.48. The monoisotopic (exact) mass is 420 g/mol. The predicted molar refractivity (Wildman–Crippen MR) is 121 cm³/mol. The summed E-state index contributed by atoms with van der Waals surface area (Å²) in [5, 5.41) is 0.633. The molecule has 0 amide bonds. The summed E-state index contributed by atoms with van der Waals surface area (Å²) in [5.41, 5.74) is 2.09. The molecule has 0 saturated heterocycles. The van der Waals surface area contributed by atoms with Gasteiger partial charge in [0.2, 0.25) is 0 Å². The average molecular weight is 421 g/mol. The number of imidazole rings is 1. The second kappa shape index (κ2) is 9.68. The van der Waals surface area contributed by atoms with Gasteiger partial charge in [-0.25, -0.2) is 4.98 Å². The molecule has 5 heteroatoms. The molecule has 0 aliphatic heterocycles. The number of nitrogens with zero attached hydrogens (tertiary/aromatic N) is 2. The minimum Gasteiger partial charge on any atom is -0.492 e. The smallest absolute Gasteiger partial charge is 0.156 e. The molecule has 0 fully saturated rings. The predicted octanol–water partition coefficient (Wildman–Crippen LogP) is 6.69. The maximum absolute atomic E-state index is 6.28. The van der Waals surface area contributed by atoms with Crippen molar-refractivity contribution in [2.45, 2.75) is 32.4 Å². The Kier molecular flexibility index (Phi) is 6.55. The van der Waals surface area contributed by atoms with Crippen molar-refractivity contribution in [3.8, 4) is 11.5 Å². The number of benzene rings is 3. The van der Waals surface area contributed by atoms with Crippen LogP contribution in [0, 0.1) is 0 Å². The van der Waals surface area contributed by atoms with E-state index >= 15 is 0 Å². The van der Waals surface area contributed by atoms with E-state index in [1.165, 1.54) is 0 Å². The topological polar surface area (TPSA) is 36.3 Å². The van der Waals surface area contributed by atoms with Crippen molar-refractivity contribution >= 4 is 22.6 Å². The molecule has 1 atom stereocenters. The van der Waals surface area contributed by atoms with E-state index in [4.69, 9.17) is 26.1 Å². The van der Waals surface area contributed by atoms with E-state index in [2.05, 4.69) is 17.6 Å². The standard InChI is InChI=1S/C25H25ClN2O2/c1-2-23(30-19-11-4-3-5-12-19)25-27-21-14-7-8-15-22(21)28(25)17-10-18-29-24-16-9-6-13-20(24)26/h3-9,11-16,23H,2,10,17-18H2,1H3. The average Bonchev–Trinajstić information content (AvgIpc) is 3.15. The fraction of sp³-hybridized carbons (Fsp3) is 0.240. The molecule has 1 aromatic heterocycles. The molecule has 1 heterocycles. The molecule has 4 nitrogen and oxygen atoms in total. The Morgan fingerprint density at radius 1 is 0.933 bits per heavy atom. The number of aryl methyl sites for hydroxylation is 1. The summed E-state index contributed by atoms with van der Waals surface area (Å²) in [7, 11) is 0. The number of para-hydroxylation sites is 4. The first kappa shape index (κ1) is 20.3. The molecule has 0 aliphatic carbocycles. The van der Waals surface area contributed by atoms with Gasteiger partial charge >= 0.3 is 0 Å². The zero-order valence-corrected chi connectivity index (χ0v) is 17.8. The Hall–Kier alpha value is -2.98. The van der Waals surface area contributed by atoms with E-state index in [0.29, 0.717) is 17.4 Å². The Bertz CT molecular complexity index is 1090. The number of hydrogen-bond acceptors (Lipinski definition) is 3. The Balaban J connectivity index is 1.53. The van der Waals surface area contributed by atoms with Crippen LogP contribution in [0.15, 0.2) is 78.9 Å². The SMILES string of the molecule is CCC(Oc1ccccc1)c1nc2ccccc2n1CCCOc1ccccc1Cl. The first-order valence-corrected chi connectivity index (χ1v) is 10.7. The van der Waals surface area contributed by atoms with Crippen molar-refractivity contribution in [3.05, 3.63) is 89.7 Å². The lowest BCUT2D eigenvalue weighted by molar-refractivity contribution is 0.185. The lowest BCUT2D eigenvalue weighted by atomic mass is 10.2. The highest BCUT2D eigenvalue weighted by atomic mass is 35.5. The molecule has 0 aliphatic rings. The van der Waals surface area contributed by atoms with Gasteiger partial charge in [0.15, 0.2) is 11.9 Å². The molecule has 4 rings (SSSR count). The quantitative estimate of drug-likeness (QED) is 0.283. The molecule has 0 radical (unpaired) electrons. The van der Waals surface area contributed by atoms with Crippen molar-refractivity contribution in [1.29, 1.82) is 0 Å². The maximum Gasteiger partial charge on any atom is 0.156 e. The van der Waals surface area contributed by atoms with Crippen LogP contribution in [0.25, 0.3) is 11.0 Å². The van der Waals surface area contributed by atoms with E-state index < -0.39 is 0 Å². The van der Waals surface area contributed by atoms with Gasteiger partial charge in [-0.15, -0.1) is 0 Å². The lowest BCUT2D eigenvalue weighted by Crippen LogP contribution is -2.15. The van der Waals surface area contributed by atoms with Gasteiger partial charge in [-0.3, -0.25) is 0 Å². The molecule has 0 bridgehead atoms. The molecule has 1 unspecified atom stereocenters. The zero-order chi connectivity index (χ0) is 20.8. The van der Waals surface area contributed by atoms with E-state index in [9.17, 15) is 0 Å². The second-order valence-corrected chi connectivity index (χ2v) is 7.48. The van der Waals surface area contributed by atoms with Gasteiger partial charge in [-0.1, -0.05) is 61.0 Å². The van der Waals surface area contributed by atoms with Crippen LogP contribution in [0.5, 0.6) is 11.5 Å². The van der Waals surface area contributed by atoms with Gasteiger partial charge in [0.05, 0.1) is 22.7 Å². The lowest BCUT2D eigenvalue weighted by Gasteiger charge is -2.19. The van der Waals surface area contributed by atoms with Crippen LogP contribution in [-0.4, -0.2) is 16.2 Å². The second-order valence-electron chi connectivity index (χ2n) is 7.07. The Morgan fingerprint density at radius 3 is 2.47 bits per heavy atom. The minimum absolute atomic E-state index is 0.121. The number of halogens is 1. The molecule has 30 heavy (non-hydrogen) atoms.